The highest BCUT2D eigenvalue weighted by molar-refractivity contribution is 6.33. The number of benzene rings is 2. The molecule has 0 unspecified atom stereocenters. The first-order chi connectivity index (χ1) is 12.9. The van der Waals surface area contributed by atoms with Crippen molar-refractivity contribution in [2.75, 3.05) is 0 Å². The van der Waals surface area contributed by atoms with Crippen LogP contribution in [0.5, 0.6) is 0 Å². The average molecular weight is 388 g/mol. The van der Waals surface area contributed by atoms with Crippen LogP contribution in [0.25, 0.3) is 11.3 Å². The number of nitrogens with two attached hydrogens (primary N) is 1. The molecule has 0 bridgehead atoms. The van der Waals surface area contributed by atoms with E-state index in [1.54, 1.807) is 31.2 Å². The molecule has 1 heterocycles. The van der Waals surface area contributed by atoms with Crippen LogP contribution in [0.4, 0.5) is 4.39 Å². The van der Waals surface area contributed by atoms with Gasteiger partial charge in [0.25, 0.3) is 5.91 Å². The van der Waals surface area contributed by atoms with Crippen LogP contribution < -0.4 is 11.1 Å². The van der Waals surface area contributed by atoms with Gasteiger partial charge in [0, 0.05) is 12.1 Å². The van der Waals surface area contributed by atoms with E-state index in [1.807, 2.05) is 0 Å². The summed E-state index contributed by atoms with van der Waals surface area (Å²) in [5.41, 5.74) is 6.48. The largest absolute Gasteiger partial charge is 0.366 e. The van der Waals surface area contributed by atoms with Gasteiger partial charge in [0.05, 0.1) is 10.6 Å². The first-order valence-corrected chi connectivity index (χ1v) is 8.34. The Bertz CT molecular complexity index is 995. The topological polar surface area (TPSA) is 98.2 Å². The molecule has 2 aromatic carbocycles. The fourth-order valence-corrected chi connectivity index (χ4v) is 2.84. The van der Waals surface area contributed by atoms with Crippen LogP contribution in [0.3, 0.4) is 0 Å². The monoisotopic (exact) mass is 387 g/mol. The summed E-state index contributed by atoms with van der Waals surface area (Å²) in [6.07, 6.45) is 0. The highest BCUT2D eigenvalue weighted by atomic mass is 35.5. The summed E-state index contributed by atoms with van der Waals surface area (Å²) in [4.78, 5) is 23.7. The van der Waals surface area contributed by atoms with E-state index in [2.05, 4.69) is 10.5 Å². The van der Waals surface area contributed by atoms with E-state index in [0.29, 0.717) is 5.56 Å². The second-order valence-electron chi connectivity index (χ2n) is 5.80. The summed E-state index contributed by atoms with van der Waals surface area (Å²) in [6.45, 7) is 1.74. The number of carbonyl (C=O) groups is 2. The van der Waals surface area contributed by atoms with Crippen molar-refractivity contribution in [3.8, 4) is 11.3 Å². The van der Waals surface area contributed by atoms with Crippen molar-refractivity contribution in [2.45, 2.75) is 13.5 Å². The van der Waals surface area contributed by atoms with E-state index in [1.165, 1.54) is 18.2 Å². The highest BCUT2D eigenvalue weighted by Gasteiger charge is 2.25. The number of amides is 2. The van der Waals surface area contributed by atoms with Crippen molar-refractivity contribution in [3.05, 3.63) is 75.8 Å². The molecule has 0 aliphatic heterocycles. The van der Waals surface area contributed by atoms with Crippen LogP contribution in [0.1, 0.15) is 32.0 Å². The molecule has 0 saturated heterocycles. The SMILES string of the molecule is Cc1onc(-c2c(F)cccc2Cl)c1C(=O)NCc1ccc(C(N)=O)cc1. The average Bonchev–Trinajstić information content (AvgIpc) is 3.01. The van der Waals surface area contributed by atoms with Gasteiger partial charge in [-0.2, -0.15) is 0 Å². The number of nitrogens with one attached hydrogen (secondary N) is 1. The predicted octanol–water partition coefficient (Wildman–Crippen LogP) is 3.47. The number of primary amides is 1. The molecular formula is C19H15ClFN3O3. The first-order valence-electron chi connectivity index (χ1n) is 7.96. The maximum atomic E-state index is 14.2. The van der Waals surface area contributed by atoms with E-state index < -0.39 is 17.6 Å². The minimum atomic E-state index is -0.605. The van der Waals surface area contributed by atoms with E-state index in [4.69, 9.17) is 21.9 Å². The molecule has 0 aliphatic rings. The zero-order valence-electron chi connectivity index (χ0n) is 14.3. The molecule has 0 radical (unpaired) electrons. The zero-order chi connectivity index (χ0) is 19.6. The second-order valence-corrected chi connectivity index (χ2v) is 6.21. The summed E-state index contributed by atoms with van der Waals surface area (Å²) >= 11 is 6.07. The smallest absolute Gasteiger partial charge is 0.257 e. The zero-order valence-corrected chi connectivity index (χ0v) is 15.0. The number of rotatable bonds is 5. The summed E-state index contributed by atoms with van der Waals surface area (Å²) < 4.78 is 19.3. The molecule has 138 valence electrons. The standard InChI is InChI=1S/C19H15ClFN3O3/c1-10-15(17(24-27-10)16-13(20)3-2-4-14(16)21)19(26)23-9-11-5-7-12(8-6-11)18(22)25/h2-8H,9H2,1H3,(H2,22,25)(H,23,26). The Hall–Kier alpha value is -3.19. The molecule has 0 spiro atoms. The van der Waals surface area contributed by atoms with Crippen LogP contribution in [-0.4, -0.2) is 17.0 Å². The molecule has 0 fully saturated rings. The van der Waals surface area contributed by atoms with Gasteiger partial charge in [-0.15, -0.1) is 0 Å². The molecule has 2 amide bonds. The molecule has 3 N–H and O–H groups in total. The maximum Gasteiger partial charge on any atom is 0.257 e. The van der Waals surface area contributed by atoms with Gasteiger partial charge in [-0.05, 0) is 36.8 Å². The van der Waals surface area contributed by atoms with Crippen molar-refractivity contribution >= 4 is 23.4 Å². The van der Waals surface area contributed by atoms with Gasteiger partial charge in [0.2, 0.25) is 5.91 Å². The van der Waals surface area contributed by atoms with Crippen molar-refractivity contribution < 1.29 is 18.5 Å². The minimum absolute atomic E-state index is 0.00646. The lowest BCUT2D eigenvalue weighted by Crippen LogP contribution is -2.24. The van der Waals surface area contributed by atoms with E-state index in [-0.39, 0.29) is 34.1 Å². The predicted molar refractivity (Wildman–Crippen MR) is 97.8 cm³/mol. The van der Waals surface area contributed by atoms with Crippen LogP contribution in [0, 0.1) is 12.7 Å². The third-order valence-corrected chi connectivity index (χ3v) is 4.30. The molecule has 0 aliphatic carbocycles. The Morgan fingerprint density at radius 3 is 2.56 bits per heavy atom. The maximum absolute atomic E-state index is 14.2. The van der Waals surface area contributed by atoms with Crippen molar-refractivity contribution in [1.82, 2.24) is 10.5 Å². The summed E-state index contributed by atoms with van der Waals surface area (Å²) in [5.74, 6) is -1.38. The lowest BCUT2D eigenvalue weighted by atomic mass is 10.0. The summed E-state index contributed by atoms with van der Waals surface area (Å²) in [5, 5.41) is 6.65. The molecule has 0 atom stereocenters. The number of hydrogen-bond donors (Lipinski definition) is 2. The Labute approximate surface area is 159 Å². The molecule has 1 aromatic heterocycles. The summed E-state index contributed by atoms with van der Waals surface area (Å²) in [6, 6.07) is 10.7. The van der Waals surface area contributed by atoms with Crippen molar-refractivity contribution in [2.24, 2.45) is 5.73 Å². The lowest BCUT2D eigenvalue weighted by Gasteiger charge is -2.08. The number of nitrogens with zero attached hydrogens (tertiary/aromatic N) is 1. The van der Waals surface area contributed by atoms with Gasteiger partial charge in [-0.3, -0.25) is 9.59 Å². The van der Waals surface area contributed by atoms with E-state index >= 15 is 0 Å². The fraction of sp³-hybridized carbons (Fsp3) is 0.105. The molecule has 27 heavy (non-hydrogen) atoms. The van der Waals surface area contributed by atoms with Crippen LogP contribution in [0.2, 0.25) is 5.02 Å². The third-order valence-electron chi connectivity index (χ3n) is 3.98. The molecular weight excluding hydrogens is 373 g/mol. The second kappa shape index (κ2) is 7.59. The van der Waals surface area contributed by atoms with Gasteiger partial charge >= 0.3 is 0 Å². The Balaban J connectivity index is 1.83. The molecule has 3 rings (SSSR count). The van der Waals surface area contributed by atoms with Crippen molar-refractivity contribution in [3.63, 3.8) is 0 Å². The molecule has 8 heteroatoms. The Kier molecular flexibility index (Phi) is 5.23. The van der Waals surface area contributed by atoms with Gasteiger partial charge in [0.15, 0.2) is 0 Å². The van der Waals surface area contributed by atoms with Gasteiger partial charge < -0.3 is 15.6 Å². The normalized spacial score (nSPS) is 10.6. The van der Waals surface area contributed by atoms with Crippen molar-refractivity contribution in [1.29, 1.82) is 0 Å². The van der Waals surface area contributed by atoms with Gasteiger partial charge in [-0.1, -0.05) is 35.0 Å². The summed E-state index contributed by atoms with van der Waals surface area (Å²) in [7, 11) is 0. The molecule has 6 nitrogen and oxygen atoms in total. The number of hydrogen-bond acceptors (Lipinski definition) is 4. The van der Waals surface area contributed by atoms with Crippen LogP contribution in [-0.2, 0) is 6.54 Å². The minimum Gasteiger partial charge on any atom is -0.366 e. The fourth-order valence-electron chi connectivity index (χ4n) is 2.59. The van der Waals surface area contributed by atoms with E-state index in [9.17, 15) is 14.0 Å². The lowest BCUT2D eigenvalue weighted by molar-refractivity contribution is 0.0948. The first kappa shape index (κ1) is 18.6. The van der Waals surface area contributed by atoms with Crippen LogP contribution >= 0.6 is 11.6 Å². The Morgan fingerprint density at radius 2 is 1.93 bits per heavy atom. The van der Waals surface area contributed by atoms with Gasteiger partial charge in [-0.25, -0.2) is 4.39 Å². The Morgan fingerprint density at radius 1 is 1.22 bits per heavy atom. The molecule has 0 saturated carbocycles. The number of aryl methyl sites for hydroxylation is 1. The number of aromatic nitrogens is 1. The van der Waals surface area contributed by atoms with Gasteiger partial charge in [0.1, 0.15) is 22.8 Å². The quantitative estimate of drug-likeness (QED) is 0.700. The number of carbonyl (C=O) groups excluding carboxylic acids is 2. The van der Waals surface area contributed by atoms with Crippen LogP contribution in [0.15, 0.2) is 47.0 Å². The third kappa shape index (κ3) is 3.83. The molecule has 3 aromatic rings. The number of halogens is 2. The highest BCUT2D eigenvalue weighted by Crippen LogP contribution is 2.33. The van der Waals surface area contributed by atoms with E-state index in [0.717, 1.165) is 5.56 Å².